The van der Waals surface area contributed by atoms with Crippen LogP contribution in [0.4, 0.5) is 11.6 Å². The number of anilines is 2. The van der Waals surface area contributed by atoms with Gasteiger partial charge in [0.05, 0.1) is 17.9 Å². The second kappa shape index (κ2) is 6.55. The Morgan fingerprint density at radius 2 is 2.21 bits per heavy atom. The number of hydrogen-bond donors (Lipinski definition) is 4. The second-order valence-electron chi connectivity index (χ2n) is 5.41. The first-order valence-corrected chi connectivity index (χ1v) is 7.55. The summed E-state index contributed by atoms with van der Waals surface area (Å²) in [5.74, 6) is 0.821. The van der Waals surface area contributed by atoms with Gasteiger partial charge in [0.1, 0.15) is 5.65 Å². The number of hydrogen-bond acceptors (Lipinski definition) is 7. The number of aromatic nitrogens is 4. The molecule has 3 aromatic rings. The largest absolute Gasteiger partial charge is 0.404 e. The van der Waals surface area contributed by atoms with Crippen LogP contribution in [0.25, 0.3) is 11.2 Å². The monoisotopic (exact) mass is 324 g/mol. The molecule has 0 fully saturated rings. The van der Waals surface area contributed by atoms with Crippen LogP contribution in [0.15, 0.2) is 43.1 Å². The van der Waals surface area contributed by atoms with E-state index in [1.807, 2.05) is 35.9 Å². The number of nitrogen functional groups attached to an aromatic ring is 1. The SMILES string of the molecule is CC(Nc1nc(/C(=C/N)CN)cnc1N)c1ccc2nccn2c1. The van der Waals surface area contributed by atoms with Crippen LogP contribution in [0.1, 0.15) is 24.2 Å². The van der Waals surface area contributed by atoms with E-state index in [-0.39, 0.29) is 12.6 Å². The first-order chi connectivity index (χ1) is 11.6. The number of fused-ring (bicyclic) bond motifs is 1. The van der Waals surface area contributed by atoms with Crippen molar-refractivity contribution in [3.63, 3.8) is 0 Å². The summed E-state index contributed by atoms with van der Waals surface area (Å²) in [6.07, 6.45) is 8.67. The van der Waals surface area contributed by atoms with Crippen molar-refractivity contribution in [3.05, 3.63) is 54.4 Å². The predicted molar refractivity (Wildman–Crippen MR) is 94.9 cm³/mol. The summed E-state index contributed by atoms with van der Waals surface area (Å²) in [7, 11) is 0. The van der Waals surface area contributed by atoms with Crippen molar-refractivity contribution >= 4 is 22.9 Å². The lowest BCUT2D eigenvalue weighted by molar-refractivity contribution is 0.859. The molecule has 0 radical (unpaired) electrons. The molecule has 3 heterocycles. The second-order valence-corrected chi connectivity index (χ2v) is 5.41. The fraction of sp³-hybridized carbons (Fsp3) is 0.188. The summed E-state index contributed by atoms with van der Waals surface area (Å²) in [5, 5.41) is 3.29. The molecule has 0 aliphatic rings. The Balaban J connectivity index is 1.87. The van der Waals surface area contributed by atoms with Gasteiger partial charge in [-0.3, -0.25) is 0 Å². The molecule has 0 aliphatic heterocycles. The molecule has 24 heavy (non-hydrogen) atoms. The molecule has 0 bridgehead atoms. The molecule has 0 aliphatic carbocycles. The Labute approximate surface area is 139 Å². The topological polar surface area (TPSA) is 133 Å². The standard InChI is InChI=1S/C16H20N8/c1-10(11-2-3-14-20-4-5-24(14)9-11)22-16-15(19)21-8-13(23-16)12(6-17)7-18/h2-6,8-10H,7,17-18H2,1H3,(H2,19,21)(H,22,23)/b12-6+. The zero-order valence-corrected chi connectivity index (χ0v) is 13.3. The highest BCUT2D eigenvalue weighted by Crippen LogP contribution is 2.23. The minimum absolute atomic E-state index is 0.0215. The molecule has 0 spiro atoms. The predicted octanol–water partition coefficient (Wildman–Crippen LogP) is 1.14. The van der Waals surface area contributed by atoms with Gasteiger partial charge in [0.2, 0.25) is 0 Å². The van der Waals surface area contributed by atoms with Crippen LogP contribution >= 0.6 is 0 Å². The Hall–Kier alpha value is -3.13. The number of nitrogens with zero attached hydrogens (tertiary/aromatic N) is 4. The summed E-state index contributed by atoms with van der Waals surface area (Å²) in [6, 6.07) is 3.95. The molecule has 3 aromatic heterocycles. The molecule has 7 N–H and O–H groups in total. The molecule has 1 atom stereocenters. The summed E-state index contributed by atoms with van der Waals surface area (Å²) < 4.78 is 1.96. The van der Waals surface area contributed by atoms with Gasteiger partial charge in [-0.1, -0.05) is 6.07 Å². The third-order valence-electron chi connectivity index (χ3n) is 3.82. The van der Waals surface area contributed by atoms with E-state index >= 15 is 0 Å². The number of rotatable bonds is 5. The van der Waals surface area contributed by atoms with Crippen molar-refractivity contribution in [2.45, 2.75) is 13.0 Å². The Morgan fingerprint density at radius 1 is 1.38 bits per heavy atom. The van der Waals surface area contributed by atoms with Gasteiger partial charge in [-0.05, 0) is 18.6 Å². The first-order valence-electron chi connectivity index (χ1n) is 7.55. The zero-order chi connectivity index (χ0) is 17.1. The molecule has 3 rings (SSSR count). The maximum atomic E-state index is 5.94. The van der Waals surface area contributed by atoms with Crippen molar-refractivity contribution in [3.8, 4) is 0 Å². The van der Waals surface area contributed by atoms with Crippen LogP contribution in [0, 0.1) is 0 Å². The quantitative estimate of drug-likeness (QED) is 0.553. The zero-order valence-electron chi connectivity index (χ0n) is 13.3. The van der Waals surface area contributed by atoms with E-state index in [9.17, 15) is 0 Å². The van der Waals surface area contributed by atoms with Crippen molar-refractivity contribution in [1.82, 2.24) is 19.4 Å². The van der Waals surface area contributed by atoms with E-state index in [4.69, 9.17) is 17.2 Å². The van der Waals surface area contributed by atoms with E-state index < -0.39 is 0 Å². The van der Waals surface area contributed by atoms with E-state index in [2.05, 4.69) is 20.3 Å². The molecule has 0 aromatic carbocycles. The van der Waals surface area contributed by atoms with Gasteiger partial charge < -0.3 is 26.9 Å². The summed E-state index contributed by atoms with van der Waals surface area (Å²) in [5.41, 5.74) is 20.4. The van der Waals surface area contributed by atoms with Crippen LogP contribution in [0.3, 0.4) is 0 Å². The average Bonchev–Trinajstić information content (AvgIpc) is 3.06. The fourth-order valence-corrected chi connectivity index (χ4v) is 2.40. The van der Waals surface area contributed by atoms with Crippen LogP contribution < -0.4 is 22.5 Å². The third kappa shape index (κ3) is 2.99. The van der Waals surface area contributed by atoms with Crippen LogP contribution in [0.2, 0.25) is 0 Å². The summed E-state index contributed by atoms with van der Waals surface area (Å²) in [6.45, 7) is 2.30. The van der Waals surface area contributed by atoms with Crippen molar-refractivity contribution in [2.24, 2.45) is 11.5 Å². The Morgan fingerprint density at radius 3 is 2.96 bits per heavy atom. The molecule has 0 saturated heterocycles. The van der Waals surface area contributed by atoms with Gasteiger partial charge in [-0.25, -0.2) is 15.0 Å². The molecule has 0 amide bonds. The first kappa shape index (κ1) is 15.8. The molecular weight excluding hydrogens is 304 g/mol. The number of imidazole rings is 1. The van der Waals surface area contributed by atoms with E-state index in [0.29, 0.717) is 22.9 Å². The van der Waals surface area contributed by atoms with E-state index in [1.54, 1.807) is 12.4 Å². The number of nitrogens with two attached hydrogens (primary N) is 3. The minimum Gasteiger partial charge on any atom is -0.404 e. The van der Waals surface area contributed by atoms with Crippen molar-refractivity contribution in [1.29, 1.82) is 0 Å². The fourth-order valence-electron chi connectivity index (χ4n) is 2.40. The van der Waals surface area contributed by atoms with Crippen LogP contribution in [-0.4, -0.2) is 25.9 Å². The van der Waals surface area contributed by atoms with Crippen LogP contribution in [-0.2, 0) is 0 Å². The smallest absolute Gasteiger partial charge is 0.169 e. The normalized spacial score (nSPS) is 13.2. The highest BCUT2D eigenvalue weighted by atomic mass is 15.1. The summed E-state index contributed by atoms with van der Waals surface area (Å²) >= 11 is 0. The number of nitrogens with one attached hydrogen (secondary N) is 1. The summed E-state index contributed by atoms with van der Waals surface area (Å²) in [4.78, 5) is 12.9. The maximum absolute atomic E-state index is 5.94. The lowest BCUT2D eigenvalue weighted by Gasteiger charge is -2.17. The van der Waals surface area contributed by atoms with Crippen LogP contribution in [0.5, 0.6) is 0 Å². The Kier molecular flexibility index (Phi) is 4.30. The van der Waals surface area contributed by atoms with Gasteiger partial charge in [-0.2, -0.15) is 0 Å². The van der Waals surface area contributed by atoms with Gasteiger partial charge >= 0.3 is 0 Å². The van der Waals surface area contributed by atoms with Gasteiger partial charge in [-0.15, -0.1) is 0 Å². The van der Waals surface area contributed by atoms with Crippen molar-refractivity contribution in [2.75, 3.05) is 17.6 Å². The maximum Gasteiger partial charge on any atom is 0.169 e. The molecule has 8 heteroatoms. The minimum atomic E-state index is -0.0215. The average molecular weight is 324 g/mol. The Bertz CT molecular complexity index is 883. The number of pyridine rings is 1. The third-order valence-corrected chi connectivity index (χ3v) is 3.82. The highest BCUT2D eigenvalue weighted by Gasteiger charge is 2.12. The van der Waals surface area contributed by atoms with E-state index in [0.717, 1.165) is 11.2 Å². The molecule has 124 valence electrons. The lowest BCUT2D eigenvalue weighted by Crippen LogP contribution is -2.13. The molecule has 0 saturated carbocycles. The van der Waals surface area contributed by atoms with Gasteiger partial charge in [0, 0.05) is 36.9 Å². The van der Waals surface area contributed by atoms with Gasteiger partial charge in [0.25, 0.3) is 0 Å². The van der Waals surface area contributed by atoms with Crippen molar-refractivity contribution < 1.29 is 0 Å². The molecule has 8 nitrogen and oxygen atoms in total. The highest BCUT2D eigenvalue weighted by molar-refractivity contribution is 5.67. The van der Waals surface area contributed by atoms with Gasteiger partial charge in [0.15, 0.2) is 11.6 Å². The lowest BCUT2D eigenvalue weighted by atomic mass is 10.1. The molecule has 1 unspecified atom stereocenters. The van der Waals surface area contributed by atoms with E-state index in [1.165, 1.54) is 6.20 Å². The molecular formula is C16H20N8.